The van der Waals surface area contributed by atoms with Gasteiger partial charge in [-0.25, -0.2) is 0 Å². The van der Waals surface area contributed by atoms with Gasteiger partial charge in [0.2, 0.25) is 0 Å². The second-order valence-corrected chi connectivity index (χ2v) is 6.87. The minimum Gasteiger partial charge on any atom is -0.397 e. The number of rotatable bonds is 4. The lowest BCUT2D eigenvalue weighted by molar-refractivity contribution is 0.0980. The van der Waals surface area contributed by atoms with Gasteiger partial charge in [0.15, 0.2) is 11.6 Å². The van der Waals surface area contributed by atoms with Crippen LogP contribution in [0.2, 0.25) is 0 Å². The summed E-state index contributed by atoms with van der Waals surface area (Å²) in [7, 11) is -4.69. The molecule has 0 saturated heterocycles. The lowest BCUT2D eigenvalue weighted by Gasteiger charge is -2.23. The van der Waals surface area contributed by atoms with Crippen molar-refractivity contribution in [2.45, 2.75) is 4.90 Å². The van der Waals surface area contributed by atoms with E-state index in [1.54, 1.807) is 12.1 Å². The van der Waals surface area contributed by atoms with E-state index in [9.17, 15) is 22.6 Å². The highest BCUT2D eigenvalue weighted by atomic mass is 32.2. The molecule has 3 rings (SSSR count). The highest BCUT2D eigenvalue weighted by Gasteiger charge is 2.36. The van der Waals surface area contributed by atoms with Gasteiger partial charge in [-0.2, -0.15) is 8.42 Å². The third-order valence-electron chi connectivity index (χ3n) is 3.94. The van der Waals surface area contributed by atoms with Gasteiger partial charge in [0.1, 0.15) is 4.90 Å². The predicted molar refractivity (Wildman–Crippen MR) is 91.5 cm³/mol. The molecule has 0 aliphatic heterocycles. The summed E-state index contributed by atoms with van der Waals surface area (Å²) in [6.07, 6.45) is 0. The summed E-state index contributed by atoms with van der Waals surface area (Å²) in [5, 5.41) is 2.81. The largest absolute Gasteiger partial charge is 0.397 e. The van der Waals surface area contributed by atoms with Crippen molar-refractivity contribution in [3.05, 3.63) is 52.6 Å². The smallest absolute Gasteiger partial charge is 0.296 e. The number of anilines is 2. The fraction of sp³-hybridized carbons (Fsp3) is 0.125. The highest BCUT2D eigenvalue weighted by Crippen LogP contribution is 2.38. The summed E-state index contributed by atoms with van der Waals surface area (Å²) in [6, 6.07) is 7.23. The van der Waals surface area contributed by atoms with Gasteiger partial charge in [-0.15, -0.1) is 0 Å². The van der Waals surface area contributed by atoms with E-state index in [-0.39, 0.29) is 41.0 Å². The number of nitrogens with one attached hydrogen (secondary N) is 1. The monoisotopic (exact) mass is 361 g/mol. The summed E-state index contributed by atoms with van der Waals surface area (Å²) in [5.41, 5.74) is 11.0. The zero-order valence-corrected chi connectivity index (χ0v) is 13.8. The maximum absolute atomic E-state index is 12.9. The van der Waals surface area contributed by atoms with Crippen molar-refractivity contribution < 1.29 is 22.6 Å². The lowest BCUT2D eigenvalue weighted by Crippen LogP contribution is -2.26. The van der Waals surface area contributed by atoms with Crippen LogP contribution in [-0.4, -0.2) is 37.6 Å². The molecule has 0 spiro atoms. The fourth-order valence-electron chi connectivity index (χ4n) is 2.85. The SMILES string of the molecule is NCCNc1cc(S(=O)(=O)O)c(N)c2c1C(=O)c1ccccc1C2=O. The Labute approximate surface area is 143 Å². The number of carbonyl (C=O) groups is 2. The van der Waals surface area contributed by atoms with E-state index in [1.165, 1.54) is 12.1 Å². The number of benzene rings is 2. The Morgan fingerprint density at radius 3 is 2.12 bits per heavy atom. The van der Waals surface area contributed by atoms with E-state index >= 15 is 0 Å². The van der Waals surface area contributed by atoms with Crippen molar-refractivity contribution in [1.29, 1.82) is 0 Å². The summed E-state index contributed by atoms with van der Waals surface area (Å²) >= 11 is 0. The number of nitrogens with two attached hydrogens (primary N) is 2. The van der Waals surface area contributed by atoms with Crippen LogP contribution in [0.3, 0.4) is 0 Å². The Hall–Kier alpha value is -2.75. The molecule has 0 heterocycles. The molecule has 0 bridgehead atoms. The number of ketones is 2. The van der Waals surface area contributed by atoms with Gasteiger partial charge in [-0.05, 0) is 6.07 Å². The molecule has 0 radical (unpaired) electrons. The van der Waals surface area contributed by atoms with Crippen LogP contribution in [0.1, 0.15) is 31.8 Å². The van der Waals surface area contributed by atoms with Gasteiger partial charge in [0.05, 0.1) is 16.8 Å². The van der Waals surface area contributed by atoms with Crippen LogP contribution in [0.15, 0.2) is 35.2 Å². The minimum atomic E-state index is -4.69. The molecule has 25 heavy (non-hydrogen) atoms. The van der Waals surface area contributed by atoms with Crippen LogP contribution < -0.4 is 16.8 Å². The quantitative estimate of drug-likeness (QED) is 0.390. The first-order chi connectivity index (χ1) is 11.8. The average Bonchev–Trinajstić information content (AvgIpc) is 2.57. The predicted octanol–water partition coefficient (Wildman–Crippen LogP) is 0.662. The summed E-state index contributed by atoms with van der Waals surface area (Å²) in [4.78, 5) is 25.0. The Balaban J connectivity index is 2.38. The third kappa shape index (κ3) is 2.68. The maximum atomic E-state index is 12.9. The van der Waals surface area contributed by atoms with Crippen molar-refractivity contribution in [2.75, 3.05) is 24.1 Å². The zero-order chi connectivity index (χ0) is 18.4. The molecule has 0 amide bonds. The van der Waals surface area contributed by atoms with Gasteiger partial charge in [-0.3, -0.25) is 14.1 Å². The molecule has 2 aromatic carbocycles. The van der Waals surface area contributed by atoms with Crippen molar-refractivity contribution in [1.82, 2.24) is 0 Å². The molecular formula is C16H15N3O5S. The molecule has 0 unspecified atom stereocenters. The Kier molecular flexibility index (Phi) is 4.07. The first kappa shape index (κ1) is 17.1. The molecule has 2 aromatic rings. The van der Waals surface area contributed by atoms with Crippen LogP contribution >= 0.6 is 0 Å². The highest BCUT2D eigenvalue weighted by molar-refractivity contribution is 7.86. The molecule has 130 valence electrons. The number of hydrogen-bond donors (Lipinski definition) is 4. The number of nitrogen functional groups attached to an aromatic ring is 1. The van der Waals surface area contributed by atoms with Gasteiger partial charge in [0.25, 0.3) is 10.1 Å². The molecule has 8 nitrogen and oxygen atoms in total. The molecule has 6 N–H and O–H groups in total. The van der Waals surface area contributed by atoms with E-state index < -0.39 is 32.3 Å². The average molecular weight is 361 g/mol. The second kappa shape index (κ2) is 5.96. The molecular weight excluding hydrogens is 346 g/mol. The molecule has 0 fully saturated rings. The van der Waals surface area contributed by atoms with E-state index in [0.717, 1.165) is 6.07 Å². The first-order valence-electron chi connectivity index (χ1n) is 7.33. The standard InChI is InChI=1S/C16H15N3O5S/c17-5-6-19-10-7-11(25(22,23)24)14(18)13-12(10)15(20)8-3-1-2-4-9(8)16(13)21/h1-4,7,19H,5-6,17-18H2,(H,22,23,24). The van der Waals surface area contributed by atoms with E-state index in [4.69, 9.17) is 11.5 Å². The van der Waals surface area contributed by atoms with E-state index in [0.29, 0.717) is 0 Å². The molecule has 0 aromatic heterocycles. The van der Waals surface area contributed by atoms with Crippen LogP contribution in [-0.2, 0) is 10.1 Å². The fourth-order valence-corrected chi connectivity index (χ4v) is 3.50. The lowest BCUT2D eigenvalue weighted by atomic mass is 9.82. The van der Waals surface area contributed by atoms with Crippen molar-refractivity contribution in [3.63, 3.8) is 0 Å². The van der Waals surface area contributed by atoms with Crippen LogP contribution in [0, 0.1) is 0 Å². The molecule has 9 heteroatoms. The van der Waals surface area contributed by atoms with Crippen molar-refractivity contribution >= 4 is 33.1 Å². The zero-order valence-electron chi connectivity index (χ0n) is 12.9. The van der Waals surface area contributed by atoms with E-state index in [2.05, 4.69) is 5.32 Å². The summed E-state index contributed by atoms with van der Waals surface area (Å²) in [6.45, 7) is 0.434. The molecule has 0 saturated carbocycles. The Morgan fingerprint density at radius 2 is 1.60 bits per heavy atom. The Bertz CT molecular complexity index is 1010. The summed E-state index contributed by atoms with van der Waals surface area (Å²) in [5.74, 6) is -1.04. The Morgan fingerprint density at radius 1 is 1.04 bits per heavy atom. The van der Waals surface area contributed by atoms with E-state index in [1.807, 2.05) is 0 Å². The maximum Gasteiger partial charge on any atom is 0.296 e. The van der Waals surface area contributed by atoms with Gasteiger partial charge in [0, 0.05) is 29.9 Å². The molecule has 0 atom stereocenters. The van der Waals surface area contributed by atoms with Crippen molar-refractivity contribution in [2.24, 2.45) is 5.73 Å². The van der Waals surface area contributed by atoms with Gasteiger partial charge in [-0.1, -0.05) is 24.3 Å². The number of fused-ring (bicyclic) bond motifs is 2. The van der Waals surface area contributed by atoms with Crippen LogP contribution in [0.4, 0.5) is 11.4 Å². The normalized spacial score (nSPS) is 13.4. The van der Waals surface area contributed by atoms with Gasteiger partial charge >= 0.3 is 0 Å². The third-order valence-corrected chi connectivity index (χ3v) is 4.83. The van der Waals surface area contributed by atoms with Crippen LogP contribution in [0.25, 0.3) is 0 Å². The summed E-state index contributed by atoms with van der Waals surface area (Å²) < 4.78 is 32.7. The topological polar surface area (TPSA) is 153 Å². The molecule has 1 aliphatic rings. The minimum absolute atomic E-state index is 0.0259. The number of hydrogen-bond acceptors (Lipinski definition) is 7. The van der Waals surface area contributed by atoms with Crippen molar-refractivity contribution in [3.8, 4) is 0 Å². The van der Waals surface area contributed by atoms with Gasteiger partial charge < -0.3 is 16.8 Å². The van der Waals surface area contributed by atoms with Crippen LogP contribution in [0.5, 0.6) is 0 Å². The molecule has 1 aliphatic carbocycles. The number of carbonyl (C=O) groups excluding carboxylic acids is 2. The second-order valence-electron chi connectivity index (χ2n) is 5.48. The first-order valence-corrected chi connectivity index (χ1v) is 8.77.